The number of benzene rings is 2. The van der Waals surface area contributed by atoms with Crippen LogP contribution in [0.1, 0.15) is 17.3 Å². The number of ether oxygens (including phenoxy) is 1. The van der Waals surface area contributed by atoms with Crippen molar-refractivity contribution in [2.45, 2.75) is 13.0 Å². The van der Waals surface area contributed by atoms with E-state index in [0.717, 1.165) is 6.07 Å². The molecule has 5 nitrogen and oxygen atoms in total. The first-order valence-electron chi connectivity index (χ1n) is 8.81. The highest BCUT2D eigenvalue weighted by atomic mass is 35.5. The van der Waals surface area contributed by atoms with E-state index in [4.69, 9.17) is 27.9 Å². The van der Waals surface area contributed by atoms with Crippen LogP contribution in [0.4, 0.5) is 4.39 Å². The van der Waals surface area contributed by atoms with Crippen LogP contribution >= 0.6 is 23.2 Å². The van der Waals surface area contributed by atoms with Gasteiger partial charge in [-0.1, -0.05) is 35.3 Å². The molecule has 2 aromatic carbocycles. The van der Waals surface area contributed by atoms with E-state index in [1.54, 1.807) is 41.0 Å². The number of nitrogens with zero attached hydrogens (tertiary/aromatic N) is 2. The molecule has 1 aliphatic rings. The van der Waals surface area contributed by atoms with Crippen molar-refractivity contribution in [3.63, 3.8) is 0 Å². The molecule has 3 rings (SSSR count). The Balaban J connectivity index is 1.57. The molecule has 28 heavy (non-hydrogen) atoms. The lowest BCUT2D eigenvalue weighted by molar-refractivity contribution is -0.139. The van der Waals surface area contributed by atoms with Crippen LogP contribution in [0.15, 0.2) is 42.5 Å². The second kappa shape index (κ2) is 8.80. The van der Waals surface area contributed by atoms with Gasteiger partial charge in [-0.05, 0) is 37.3 Å². The summed E-state index contributed by atoms with van der Waals surface area (Å²) in [6.45, 7) is 3.13. The average Bonchev–Trinajstić information content (AvgIpc) is 2.69. The lowest BCUT2D eigenvalue weighted by atomic mass is 10.1. The molecule has 1 atom stereocenters. The third kappa shape index (κ3) is 4.56. The molecule has 8 heteroatoms. The number of amides is 2. The SMILES string of the molecule is CC(Oc1ccccc1Cl)C(=O)N1CCN(C(=O)c2ccc(F)cc2Cl)CC1. The Morgan fingerprint density at radius 3 is 2.29 bits per heavy atom. The number of rotatable bonds is 4. The topological polar surface area (TPSA) is 49.9 Å². The van der Waals surface area contributed by atoms with Gasteiger partial charge in [-0.15, -0.1) is 0 Å². The van der Waals surface area contributed by atoms with Crippen molar-refractivity contribution in [3.8, 4) is 5.75 Å². The summed E-state index contributed by atoms with van der Waals surface area (Å²) in [7, 11) is 0. The summed E-state index contributed by atoms with van der Waals surface area (Å²) in [6.07, 6.45) is -0.700. The number of para-hydroxylation sites is 1. The fraction of sp³-hybridized carbons (Fsp3) is 0.300. The first-order chi connectivity index (χ1) is 13.4. The second-order valence-electron chi connectivity index (χ2n) is 6.43. The van der Waals surface area contributed by atoms with Gasteiger partial charge in [-0.2, -0.15) is 0 Å². The zero-order valence-corrected chi connectivity index (χ0v) is 16.7. The molecule has 0 aliphatic carbocycles. The Morgan fingerprint density at radius 2 is 1.64 bits per heavy atom. The molecule has 2 aromatic rings. The zero-order valence-electron chi connectivity index (χ0n) is 15.2. The number of hydrogen-bond acceptors (Lipinski definition) is 3. The Kier molecular flexibility index (Phi) is 6.42. The maximum Gasteiger partial charge on any atom is 0.263 e. The monoisotopic (exact) mass is 424 g/mol. The van der Waals surface area contributed by atoms with Crippen LogP contribution in [0.3, 0.4) is 0 Å². The third-order valence-corrected chi connectivity index (χ3v) is 5.15. The Hall–Kier alpha value is -2.31. The first kappa shape index (κ1) is 20.4. The van der Waals surface area contributed by atoms with Crippen molar-refractivity contribution in [1.82, 2.24) is 9.80 Å². The van der Waals surface area contributed by atoms with Crippen LogP contribution in [0.25, 0.3) is 0 Å². The predicted molar refractivity (Wildman–Crippen MR) is 105 cm³/mol. The van der Waals surface area contributed by atoms with E-state index >= 15 is 0 Å². The van der Waals surface area contributed by atoms with Crippen molar-refractivity contribution < 1.29 is 18.7 Å². The Bertz CT molecular complexity index is 886. The first-order valence-corrected chi connectivity index (χ1v) is 9.56. The lowest BCUT2D eigenvalue weighted by Gasteiger charge is -2.36. The van der Waals surface area contributed by atoms with Gasteiger partial charge in [0.1, 0.15) is 11.6 Å². The highest BCUT2D eigenvalue weighted by Crippen LogP contribution is 2.25. The van der Waals surface area contributed by atoms with E-state index in [2.05, 4.69) is 0 Å². The van der Waals surface area contributed by atoms with Gasteiger partial charge in [-0.3, -0.25) is 9.59 Å². The molecule has 1 saturated heterocycles. The fourth-order valence-corrected chi connectivity index (χ4v) is 3.43. The van der Waals surface area contributed by atoms with Crippen LogP contribution < -0.4 is 4.74 Å². The summed E-state index contributed by atoms with van der Waals surface area (Å²) in [5, 5.41) is 0.513. The van der Waals surface area contributed by atoms with Crippen molar-refractivity contribution in [1.29, 1.82) is 0 Å². The van der Waals surface area contributed by atoms with Gasteiger partial charge in [-0.25, -0.2) is 4.39 Å². The van der Waals surface area contributed by atoms with Gasteiger partial charge in [0, 0.05) is 26.2 Å². The lowest BCUT2D eigenvalue weighted by Crippen LogP contribution is -2.53. The molecule has 0 radical (unpaired) electrons. The molecular formula is C20H19Cl2FN2O3. The largest absolute Gasteiger partial charge is 0.479 e. The van der Waals surface area contributed by atoms with Gasteiger partial charge in [0.2, 0.25) is 0 Å². The van der Waals surface area contributed by atoms with Gasteiger partial charge in [0.05, 0.1) is 15.6 Å². The molecule has 2 amide bonds. The van der Waals surface area contributed by atoms with Gasteiger partial charge in [0.25, 0.3) is 11.8 Å². The number of halogens is 3. The summed E-state index contributed by atoms with van der Waals surface area (Å²) < 4.78 is 18.9. The van der Waals surface area contributed by atoms with E-state index in [9.17, 15) is 14.0 Å². The summed E-state index contributed by atoms with van der Waals surface area (Å²) in [6, 6.07) is 10.6. The minimum Gasteiger partial charge on any atom is -0.479 e. The molecule has 148 valence electrons. The summed E-state index contributed by atoms with van der Waals surface area (Å²) in [5.74, 6) is -0.501. The quantitative estimate of drug-likeness (QED) is 0.747. The van der Waals surface area contributed by atoms with Gasteiger partial charge < -0.3 is 14.5 Å². The molecule has 1 aliphatic heterocycles. The molecule has 0 bridgehead atoms. The summed E-state index contributed by atoms with van der Waals surface area (Å²) in [5.41, 5.74) is 0.248. The van der Waals surface area contributed by atoms with E-state index in [1.807, 2.05) is 0 Å². The smallest absolute Gasteiger partial charge is 0.263 e. The molecular weight excluding hydrogens is 406 g/mol. The van der Waals surface area contributed by atoms with Gasteiger partial charge >= 0.3 is 0 Å². The van der Waals surface area contributed by atoms with E-state index < -0.39 is 11.9 Å². The van der Waals surface area contributed by atoms with E-state index in [0.29, 0.717) is 37.0 Å². The van der Waals surface area contributed by atoms with Crippen LogP contribution in [-0.2, 0) is 4.79 Å². The van der Waals surface area contributed by atoms with Crippen molar-refractivity contribution in [3.05, 3.63) is 63.9 Å². The average molecular weight is 425 g/mol. The minimum absolute atomic E-state index is 0.0743. The molecule has 0 N–H and O–H groups in total. The highest BCUT2D eigenvalue weighted by molar-refractivity contribution is 6.33. The normalized spacial score (nSPS) is 15.3. The molecule has 0 saturated carbocycles. The van der Waals surface area contributed by atoms with E-state index in [1.165, 1.54) is 12.1 Å². The predicted octanol–water partition coefficient (Wildman–Crippen LogP) is 3.88. The molecule has 1 heterocycles. The molecule has 0 spiro atoms. The third-order valence-electron chi connectivity index (χ3n) is 4.53. The number of hydrogen-bond donors (Lipinski definition) is 0. The van der Waals surface area contributed by atoms with Crippen LogP contribution in [0.5, 0.6) is 5.75 Å². The Labute approximate surface area is 172 Å². The highest BCUT2D eigenvalue weighted by Gasteiger charge is 2.29. The maximum atomic E-state index is 13.2. The second-order valence-corrected chi connectivity index (χ2v) is 7.25. The standard InChI is InChI=1S/C20H19Cl2FN2O3/c1-13(28-18-5-3-2-4-16(18)21)19(26)24-8-10-25(11-9-24)20(27)15-7-6-14(23)12-17(15)22/h2-7,12-13H,8-11H2,1H3. The molecule has 0 aromatic heterocycles. The molecule has 1 fully saturated rings. The van der Waals surface area contributed by atoms with Crippen LogP contribution in [0.2, 0.25) is 10.0 Å². The zero-order chi connectivity index (χ0) is 20.3. The molecule has 1 unspecified atom stereocenters. The Morgan fingerprint density at radius 1 is 1.00 bits per heavy atom. The number of piperazine rings is 1. The van der Waals surface area contributed by atoms with Gasteiger partial charge in [0.15, 0.2) is 6.10 Å². The summed E-state index contributed by atoms with van der Waals surface area (Å²) in [4.78, 5) is 28.5. The van der Waals surface area contributed by atoms with Crippen molar-refractivity contribution >= 4 is 35.0 Å². The van der Waals surface area contributed by atoms with Crippen LogP contribution in [-0.4, -0.2) is 53.9 Å². The maximum absolute atomic E-state index is 13.2. The van der Waals surface area contributed by atoms with Crippen LogP contribution in [0, 0.1) is 5.82 Å². The number of carbonyl (C=O) groups is 2. The minimum atomic E-state index is -0.700. The number of carbonyl (C=O) groups excluding carboxylic acids is 2. The van der Waals surface area contributed by atoms with Crippen molar-refractivity contribution in [2.75, 3.05) is 26.2 Å². The fourth-order valence-electron chi connectivity index (χ4n) is 3.00. The summed E-state index contributed by atoms with van der Waals surface area (Å²) >= 11 is 12.0. The van der Waals surface area contributed by atoms with E-state index in [-0.39, 0.29) is 22.4 Å². The van der Waals surface area contributed by atoms with Crippen molar-refractivity contribution in [2.24, 2.45) is 0 Å².